The van der Waals surface area contributed by atoms with Crippen LogP contribution in [0.1, 0.15) is 42.7 Å². The van der Waals surface area contributed by atoms with Gasteiger partial charge in [0.1, 0.15) is 6.61 Å². The topological polar surface area (TPSA) is 105 Å². The maximum Gasteiger partial charge on any atom is 0.407 e. The number of alkyl halides is 2. The Morgan fingerprint density at radius 2 is 1.62 bits per heavy atom. The fourth-order valence-electron chi connectivity index (χ4n) is 4.88. The molecule has 2 aromatic carbocycles. The van der Waals surface area contributed by atoms with Crippen LogP contribution in [-0.4, -0.2) is 48.2 Å². The number of rotatable bonds is 8. The molecule has 1 saturated carbocycles. The zero-order valence-corrected chi connectivity index (χ0v) is 18.4. The van der Waals surface area contributed by atoms with E-state index in [0.717, 1.165) is 22.3 Å². The van der Waals surface area contributed by atoms with Crippen LogP contribution >= 0.6 is 0 Å². The number of halogens is 2. The average Bonchev–Trinajstić information content (AvgIpc) is 3.37. The average molecular weight is 472 g/mol. The minimum absolute atomic E-state index is 0.0312. The van der Waals surface area contributed by atoms with Crippen molar-refractivity contribution >= 4 is 18.0 Å². The molecule has 0 spiro atoms. The van der Waals surface area contributed by atoms with Gasteiger partial charge in [0.25, 0.3) is 5.91 Å². The van der Waals surface area contributed by atoms with Gasteiger partial charge >= 0.3 is 18.0 Å². The van der Waals surface area contributed by atoms with Crippen LogP contribution in [0.15, 0.2) is 48.5 Å². The number of carboxylic acids is 1. The lowest BCUT2D eigenvalue weighted by Crippen LogP contribution is -2.51. The predicted molar refractivity (Wildman–Crippen MR) is 120 cm³/mol. The van der Waals surface area contributed by atoms with Gasteiger partial charge in [-0.3, -0.25) is 9.59 Å². The minimum Gasteiger partial charge on any atom is -0.481 e. The van der Waals surface area contributed by atoms with Gasteiger partial charge in [-0.05, 0) is 41.0 Å². The molecule has 180 valence electrons. The van der Waals surface area contributed by atoms with E-state index in [-0.39, 0.29) is 24.9 Å². The number of carbonyl (C=O) groups is 3. The lowest BCUT2D eigenvalue weighted by atomic mass is 9.98. The number of aliphatic carboxylic acids is 1. The van der Waals surface area contributed by atoms with Gasteiger partial charge in [-0.25, -0.2) is 4.79 Å². The van der Waals surface area contributed by atoms with Crippen molar-refractivity contribution in [1.82, 2.24) is 10.6 Å². The molecule has 2 amide bonds. The second-order valence-electron chi connectivity index (χ2n) is 8.75. The Morgan fingerprint density at radius 1 is 1.00 bits per heavy atom. The molecule has 0 saturated heterocycles. The Labute approximate surface area is 195 Å². The van der Waals surface area contributed by atoms with Crippen molar-refractivity contribution in [2.45, 2.75) is 43.6 Å². The highest BCUT2D eigenvalue weighted by Gasteiger charge is 2.42. The lowest BCUT2D eigenvalue weighted by Gasteiger charge is -2.23. The minimum atomic E-state index is -3.86. The van der Waals surface area contributed by atoms with Crippen molar-refractivity contribution in [3.8, 4) is 11.1 Å². The number of fused-ring (bicyclic) bond motifs is 3. The fourth-order valence-corrected chi connectivity index (χ4v) is 4.88. The Bertz CT molecular complexity index is 1040. The molecule has 2 aliphatic carbocycles. The summed E-state index contributed by atoms with van der Waals surface area (Å²) in [4.78, 5) is 35.2. The van der Waals surface area contributed by atoms with E-state index in [0.29, 0.717) is 19.3 Å². The van der Waals surface area contributed by atoms with E-state index in [9.17, 15) is 23.2 Å². The Balaban J connectivity index is 1.30. The van der Waals surface area contributed by atoms with Gasteiger partial charge in [-0.15, -0.1) is 0 Å². The van der Waals surface area contributed by atoms with Crippen LogP contribution < -0.4 is 10.6 Å². The number of carboxylic acid groups (broad SMARTS) is 1. The molecular weight excluding hydrogens is 446 g/mol. The first-order valence-electron chi connectivity index (χ1n) is 11.3. The summed E-state index contributed by atoms with van der Waals surface area (Å²) in [5.74, 6) is -7.02. The first kappa shape index (κ1) is 23.7. The molecule has 0 heterocycles. The van der Waals surface area contributed by atoms with Crippen molar-refractivity contribution in [3.05, 3.63) is 59.7 Å². The molecule has 2 aliphatic rings. The highest BCUT2D eigenvalue weighted by molar-refractivity contribution is 5.85. The van der Waals surface area contributed by atoms with E-state index in [4.69, 9.17) is 9.84 Å². The summed E-state index contributed by atoms with van der Waals surface area (Å²) in [5, 5.41) is 13.2. The summed E-state index contributed by atoms with van der Waals surface area (Å²) < 4.78 is 33.9. The Hall–Kier alpha value is -3.49. The number of alkyl carbamates (subject to hydrolysis) is 1. The fraction of sp³-hybridized carbons (Fsp3) is 0.400. The number of hydrogen-bond acceptors (Lipinski definition) is 4. The largest absolute Gasteiger partial charge is 0.481 e. The number of benzene rings is 2. The van der Waals surface area contributed by atoms with Crippen LogP contribution in [0.4, 0.5) is 13.6 Å². The van der Waals surface area contributed by atoms with Gasteiger partial charge < -0.3 is 20.5 Å². The van der Waals surface area contributed by atoms with Crippen LogP contribution in [0.25, 0.3) is 11.1 Å². The van der Waals surface area contributed by atoms with Crippen molar-refractivity contribution in [2.75, 3.05) is 13.2 Å². The van der Waals surface area contributed by atoms with Gasteiger partial charge in [0.15, 0.2) is 0 Å². The number of ether oxygens (including phenoxy) is 1. The molecule has 0 radical (unpaired) electrons. The molecule has 34 heavy (non-hydrogen) atoms. The van der Waals surface area contributed by atoms with Gasteiger partial charge in [-0.1, -0.05) is 55.0 Å². The van der Waals surface area contributed by atoms with Gasteiger partial charge in [0.05, 0.1) is 13.0 Å². The molecular formula is C25H26F2N2O5. The van der Waals surface area contributed by atoms with E-state index in [2.05, 4.69) is 5.32 Å². The van der Waals surface area contributed by atoms with Crippen molar-refractivity contribution in [1.29, 1.82) is 0 Å². The van der Waals surface area contributed by atoms with Crippen LogP contribution in [0.5, 0.6) is 0 Å². The Kier molecular flexibility index (Phi) is 6.81. The van der Waals surface area contributed by atoms with Crippen LogP contribution in [-0.2, 0) is 14.3 Å². The van der Waals surface area contributed by atoms with E-state index >= 15 is 0 Å². The summed E-state index contributed by atoms with van der Waals surface area (Å²) in [6.07, 6.45) is 0.431. The number of hydrogen-bond donors (Lipinski definition) is 3. The molecule has 0 bridgehead atoms. The monoisotopic (exact) mass is 472 g/mol. The zero-order valence-electron chi connectivity index (χ0n) is 18.4. The SMILES string of the molecule is O=C(O)C[C@@H]1CCC[C@H]1NC(=O)C(F)(F)CNC(=O)OCC1c2ccccc2-c2ccccc21. The first-order chi connectivity index (χ1) is 16.3. The van der Waals surface area contributed by atoms with Crippen LogP contribution in [0, 0.1) is 5.92 Å². The van der Waals surface area contributed by atoms with Gasteiger partial charge in [0, 0.05) is 12.0 Å². The first-order valence-corrected chi connectivity index (χ1v) is 11.3. The third-order valence-corrected chi connectivity index (χ3v) is 6.54. The third kappa shape index (κ3) is 5.03. The second kappa shape index (κ2) is 9.79. The normalized spacial score (nSPS) is 19.2. The van der Waals surface area contributed by atoms with Crippen LogP contribution in [0.2, 0.25) is 0 Å². The Morgan fingerprint density at radius 3 is 2.24 bits per heavy atom. The van der Waals surface area contributed by atoms with E-state index < -0.39 is 36.5 Å². The molecule has 3 N–H and O–H groups in total. The molecule has 2 atom stereocenters. The number of carbonyl (C=O) groups excluding carboxylic acids is 2. The molecule has 7 nitrogen and oxygen atoms in total. The quantitative estimate of drug-likeness (QED) is 0.540. The van der Waals surface area contributed by atoms with Crippen molar-refractivity contribution < 1.29 is 33.0 Å². The lowest BCUT2D eigenvalue weighted by molar-refractivity contribution is -0.146. The molecule has 4 rings (SSSR count). The maximum atomic E-state index is 14.4. The predicted octanol–water partition coefficient (Wildman–Crippen LogP) is 3.92. The van der Waals surface area contributed by atoms with E-state index in [1.807, 2.05) is 53.8 Å². The smallest absolute Gasteiger partial charge is 0.407 e. The summed E-state index contributed by atoms with van der Waals surface area (Å²) in [5.41, 5.74) is 4.08. The molecule has 9 heteroatoms. The standard InChI is InChI=1S/C25H26F2N2O5/c26-25(27,23(32)29-21-11-5-6-15(21)12-22(30)31)14-28-24(33)34-13-20-18-9-3-1-7-16(18)17-8-2-4-10-19(17)20/h1-4,7-10,15,20-21H,5-6,11-14H2,(H,28,33)(H,29,32)(H,30,31)/t15-,21+/m0/s1. The second-order valence-corrected chi connectivity index (χ2v) is 8.75. The maximum absolute atomic E-state index is 14.4. The van der Waals surface area contributed by atoms with Gasteiger partial charge in [0.2, 0.25) is 0 Å². The molecule has 0 aromatic heterocycles. The molecule has 0 aliphatic heterocycles. The van der Waals surface area contributed by atoms with E-state index in [1.54, 1.807) is 0 Å². The zero-order chi connectivity index (χ0) is 24.3. The molecule has 1 fully saturated rings. The molecule has 2 aromatic rings. The summed E-state index contributed by atoms with van der Waals surface area (Å²) in [6.45, 7) is -1.25. The number of amides is 2. The van der Waals surface area contributed by atoms with E-state index in [1.165, 1.54) is 0 Å². The molecule has 0 unspecified atom stereocenters. The van der Waals surface area contributed by atoms with Gasteiger partial charge in [-0.2, -0.15) is 8.78 Å². The van der Waals surface area contributed by atoms with Crippen molar-refractivity contribution in [3.63, 3.8) is 0 Å². The summed E-state index contributed by atoms with van der Waals surface area (Å²) in [7, 11) is 0. The highest BCUT2D eigenvalue weighted by atomic mass is 19.3. The summed E-state index contributed by atoms with van der Waals surface area (Å²) in [6, 6.07) is 14.9. The highest BCUT2D eigenvalue weighted by Crippen LogP contribution is 2.44. The van der Waals surface area contributed by atoms with Crippen molar-refractivity contribution in [2.24, 2.45) is 5.92 Å². The number of nitrogens with one attached hydrogen (secondary N) is 2. The third-order valence-electron chi connectivity index (χ3n) is 6.54. The van der Waals surface area contributed by atoms with Crippen LogP contribution in [0.3, 0.4) is 0 Å². The summed E-state index contributed by atoms with van der Waals surface area (Å²) >= 11 is 0.